The van der Waals surface area contributed by atoms with Gasteiger partial charge in [-0.05, 0) is 48.3 Å². The van der Waals surface area contributed by atoms with Crippen LogP contribution >= 0.6 is 0 Å². The van der Waals surface area contributed by atoms with E-state index in [1.807, 2.05) is 30.3 Å². The molecule has 3 rings (SSSR count). The van der Waals surface area contributed by atoms with Crippen molar-refractivity contribution in [2.75, 3.05) is 19.8 Å². The Bertz CT molecular complexity index is 1290. The number of benzene rings is 3. The molecular formula is C34H42O7Si. The summed E-state index contributed by atoms with van der Waals surface area (Å²) in [6, 6.07) is 24.8. The van der Waals surface area contributed by atoms with Gasteiger partial charge in [0, 0.05) is 11.6 Å². The summed E-state index contributed by atoms with van der Waals surface area (Å²) < 4.78 is 23.6. The quantitative estimate of drug-likeness (QED) is 0.138. The van der Waals surface area contributed by atoms with Crippen molar-refractivity contribution >= 4 is 26.3 Å². The van der Waals surface area contributed by atoms with Crippen LogP contribution in [-0.2, 0) is 29.1 Å². The van der Waals surface area contributed by atoms with Gasteiger partial charge < -0.3 is 23.7 Å². The van der Waals surface area contributed by atoms with E-state index in [1.54, 1.807) is 67.6 Å². The number of carbonyl (C=O) groups excluding carboxylic acids is 2. The Morgan fingerprint density at radius 2 is 1.38 bits per heavy atom. The molecule has 0 aliphatic carbocycles. The molecule has 0 amide bonds. The largest absolute Gasteiger partial charge is 0.490 e. The van der Waals surface area contributed by atoms with Crippen molar-refractivity contribution in [3.63, 3.8) is 0 Å². The summed E-state index contributed by atoms with van der Waals surface area (Å²) in [6.07, 6.45) is 2.37. The first kappa shape index (κ1) is 32.8. The van der Waals surface area contributed by atoms with Gasteiger partial charge in [0.1, 0.15) is 25.1 Å². The van der Waals surface area contributed by atoms with E-state index in [9.17, 15) is 14.7 Å². The van der Waals surface area contributed by atoms with Gasteiger partial charge in [0.25, 0.3) is 0 Å². The molecule has 7 nitrogen and oxygen atoms in total. The number of hydrogen-bond donors (Lipinski definition) is 1. The van der Waals surface area contributed by atoms with Gasteiger partial charge in [0.2, 0.25) is 5.60 Å². The topological polar surface area (TPSA) is 91.3 Å². The normalized spacial score (nSPS) is 13.0. The summed E-state index contributed by atoms with van der Waals surface area (Å²) in [5.74, 6) is -0.706. The smallest absolute Gasteiger partial charge is 0.347 e. The Morgan fingerprint density at radius 1 is 0.833 bits per heavy atom. The fourth-order valence-corrected chi connectivity index (χ4v) is 5.35. The van der Waals surface area contributed by atoms with Crippen LogP contribution in [0, 0.1) is 0 Å². The first-order valence-corrected chi connectivity index (χ1v) is 17.0. The predicted molar refractivity (Wildman–Crippen MR) is 167 cm³/mol. The van der Waals surface area contributed by atoms with E-state index >= 15 is 0 Å². The lowest BCUT2D eigenvalue weighted by atomic mass is 9.86. The highest BCUT2D eigenvalue weighted by Crippen LogP contribution is 2.38. The Kier molecular flexibility index (Phi) is 11.3. The number of hydrogen-bond acceptors (Lipinski definition) is 7. The fourth-order valence-electron chi connectivity index (χ4n) is 4.02. The Morgan fingerprint density at radius 3 is 1.93 bits per heavy atom. The number of esters is 2. The van der Waals surface area contributed by atoms with Gasteiger partial charge in [-0.25, -0.2) is 9.59 Å². The van der Waals surface area contributed by atoms with Gasteiger partial charge in [0.05, 0.1) is 6.61 Å². The van der Waals surface area contributed by atoms with Crippen LogP contribution in [0.3, 0.4) is 0 Å². The van der Waals surface area contributed by atoms with Crippen LogP contribution < -0.4 is 4.74 Å². The van der Waals surface area contributed by atoms with Crippen molar-refractivity contribution < 1.29 is 33.3 Å². The maximum Gasteiger partial charge on any atom is 0.347 e. The van der Waals surface area contributed by atoms with Crippen molar-refractivity contribution in [2.45, 2.75) is 57.5 Å². The van der Waals surface area contributed by atoms with Crippen LogP contribution in [0.25, 0.3) is 6.08 Å². The number of carbonyl (C=O) groups is 2. The second-order valence-electron chi connectivity index (χ2n) is 11.5. The van der Waals surface area contributed by atoms with E-state index in [4.69, 9.17) is 18.6 Å². The zero-order valence-electron chi connectivity index (χ0n) is 25.3. The minimum Gasteiger partial charge on any atom is -0.490 e. The van der Waals surface area contributed by atoms with Gasteiger partial charge in [-0.2, -0.15) is 0 Å². The fraction of sp³-hybridized carbons (Fsp3) is 0.353. The molecule has 224 valence electrons. The predicted octanol–water partition coefficient (Wildman–Crippen LogP) is 6.51. The van der Waals surface area contributed by atoms with Gasteiger partial charge in [-0.1, -0.05) is 99.6 Å². The van der Waals surface area contributed by atoms with Gasteiger partial charge in [-0.3, -0.25) is 0 Å². The molecule has 3 aromatic carbocycles. The summed E-state index contributed by atoms with van der Waals surface area (Å²) >= 11 is 0. The lowest BCUT2D eigenvalue weighted by molar-refractivity contribution is -0.165. The molecule has 42 heavy (non-hydrogen) atoms. The molecule has 1 atom stereocenters. The van der Waals surface area contributed by atoms with E-state index < -0.39 is 32.0 Å². The molecule has 0 bridgehead atoms. The second-order valence-corrected chi connectivity index (χ2v) is 16.2. The molecule has 0 radical (unpaired) electrons. The molecule has 0 spiro atoms. The first-order chi connectivity index (χ1) is 19.9. The van der Waals surface area contributed by atoms with Crippen molar-refractivity contribution in [3.8, 4) is 5.75 Å². The first-order valence-electron chi connectivity index (χ1n) is 14.1. The highest BCUT2D eigenvalue weighted by molar-refractivity contribution is 6.74. The molecule has 0 aliphatic heterocycles. The van der Waals surface area contributed by atoms with Gasteiger partial charge in [-0.15, -0.1) is 0 Å². The third-order valence-corrected chi connectivity index (χ3v) is 11.9. The molecule has 1 N–H and O–H groups in total. The van der Waals surface area contributed by atoms with Crippen LogP contribution in [0.2, 0.25) is 18.1 Å². The minimum absolute atomic E-state index is 0.0825. The summed E-state index contributed by atoms with van der Waals surface area (Å²) in [5, 5.41) is 11.7. The molecular weight excluding hydrogens is 548 g/mol. The van der Waals surface area contributed by atoms with E-state index in [2.05, 4.69) is 33.9 Å². The van der Waals surface area contributed by atoms with Crippen molar-refractivity contribution in [2.24, 2.45) is 0 Å². The maximum absolute atomic E-state index is 13.7. The Hall–Kier alpha value is -3.72. The Balaban J connectivity index is 1.85. The molecule has 1 unspecified atom stereocenters. The maximum atomic E-state index is 13.7. The average molecular weight is 591 g/mol. The molecule has 0 saturated heterocycles. The molecule has 8 heteroatoms. The van der Waals surface area contributed by atoms with Crippen LogP contribution in [0.15, 0.2) is 91.0 Å². The Labute approximate surface area is 250 Å². The molecule has 0 aliphatic rings. The summed E-state index contributed by atoms with van der Waals surface area (Å²) in [6.45, 7) is 12.6. The van der Waals surface area contributed by atoms with Crippen LogP contribution in [-0.4, -0.2) is 51.3 Å². The zero-order valence-corrected chi connectivity index (χ0v) is 26.3. The lowest BCUT2D eigenvalue weighted by Gasteiger charge is -2.39. The number of rotatable bonds is 13. The number of para-hydroxylation sites is 1. The molecule has 0 saturated carbocycles. The summed E-state index contributed by atoms with van der Waals surface area (Å²) in [7, 11) is -2.31. The lowest BCUT2D eigenvalue weighted by Crippen LogP contribution is -2.47. The number of ether oxygens (including phenoxy) is 3. The van der Waals surface area contributed by atoms with Crippen LogP contribution in [0.1, 0.15) is 44.4 Å². The van der Waals surface area contributed by atoms with E-state index in [1.165, 1.54) is 6.08 Å². The van der Waals surface area contributed by atoms with Gasteiger partial charge >= 0.3 is 11.9 Å². The van der Waals surface area contributed by atoms with E-state index in [0.717, 1.165) is 0 Å². The molecule has 0 aromatic heterocycles. The highest BCUT2D eigenvalue weighted by atomic mass is 28.4. The van der Waals surface area contributed by atoms with Crippen LogP contribution in [0.5, 0.6) is 5.75 Å². The zero-order chi connectivity index (χ0) is 30.8. The molecule has 0 fully saturated rings. The highest BCUT2D eigenvalue weighted by Gasteiger charge is 2.43. The third-order valence-electron chi connectivity index (χ3n) is 7.38. The van der Waals surface area contributed by atoms with Crippen molar-refractivity contribution in [3.05, 3.63) is 108 Å². The second kappa shape index (κ2) is 14.4. The van der Waals surface area contributed by atoms with E-state index in [-0.39, 0.29) is 24.9 Å². The monoisotopic (exact) mass is 590 g/mol. The van der Waals surface area contributed by atoms with Crippen LogP contribution in [0.4, 0.5) is 0 Å². The van der Waals surface area contributed by atoms with E-state index in [0.29, 0.717) is 22.4 Å². The third kappa shape index (κ3) is 8.41. The van der Waals surface area contributed by atoms with Crippen molar-refractivity contribution in [1.29, 1.82) is 0 Å². The molecule has 0 heterocycles. The average Bonchev–Trinajstić information content (AvgIpc) is 2.97. The standard InChI is InChI=1S/C34H42O7Si/c1-7-38-31(35)23-22-26-16-14-15-21-30(26)39-24-29(41-42(5,6)33(2,3)4)25-40-32(36)34(37,27-17-10-8-11-18-27)28-19-12-9-13-20-28/h8-23,29,37H,7,24-25H2,1-6H3/b23-22+. The number of aliphatic hydroxyl groups is 1. The van der Waals surface area contributed by atoms with Crippen molar-refractivity contribution in [1.82, 2.24) is 0 Å². The minimum atomic E-state index is -2.31. The summed E-state index contributed by atoms with van der Waals surface area (Å²) in [5.41, 5.74) is -0.505. The van der Waals surface area contributed by atoms with Gasteiger partial charge in [0.15, 0.2) is 8.32 Å². The summed E-state index contributed by atoms with van der Waals surface area (Å²) in [4.78, 5) is 25.5. The molecule has 3 aromatic rings. The SMILES string of the molecule is CCOC(=O)/C=C/c1ccccc1OCC(COC(=O)C(O)(c1ccccc1)c1ccccc1)O[Si](C)(C)C(C)(C)C.